The fourth-order valence-corrected chi connectivity index (χ4v) is 3.34. The van der Waals surface area contributed by atoms with Gasteiger partial charge in [-0.05, 0) is 47.7 Å². The van der Waals surface area contributed by atoms with E-state index in [2.05, 4.69) is 0 Å². The second-order valence-corrected chi connectivity index (χ2v) is 6.60. The number of carbonyl (C=O) groups excluding carboxylic acids is 2. The zero-order valence-electron chi connectivity index (χ0n) is 12.7. The molecule has 0 N–H and O–H groups in total. The number of imide groups is 1. The summed E-state index contributed by atoms with van der Waals surface area (Å²) in [6.45, 7) is -0.221. The Morgan fingerprint density at radius 2 is 1.92 bits per heavy atom. The summed E-state index contributed by atoms with van der Waals surface area (Å²) in [5, 5.41) is 8.47. The zero-order chi connectivity index (χ0) is 18.0. The lowest BCUT2D eigenvalue weighted by atomic mass is 10.1. The molecule has 0 atom stereocenters. The van der Waals surface area contributed by atoms with Gasteiger partial charge in [-0.15, -0.1) is 0 Å². The summed E-state index contributed by atoms with van der Waals surface area (Å²) in [6, 6.07) is 12.8. The highest BCUT2D eigenvalue weighted by Crippen LogP contribution is 2.34. The largest absolute Gasteiger partial charge is 0.293 e. The lowest BCUT2D eigenvalue weighted by Crippen LogP contribution is -2.28. The van der Waals surface area contributed by atoms with Gasteiger partial charge in [0.1, 0.15) is 5.82 Å². The van der Waals surface area contributed by atoms with Crippen LogP contribution in [0.25, 0.3) is 6.08 Å². The molecule has 2 aromatic carbocycles. The number of rotatable bonds is 3. The minimum Gasteiger partial charge on any atom is -0.268 e. The van der Waals surface area contributed by atoms with Crippen LogP contribution in [0.1, 0.15) is 16.7 Å². The highest BCUT2D eigenvalue weighted by Gasteiger charge is 2.35. The molecule has 0 bridgehead atoms. The average Bonchev–Trinajstić information content (AvgIpc) is 2.86. The third-order valence-corrected chi connectivity index (χ3v) is 4.85. The summed E-state index contributed by atoms with van der Waals surface area (Å²) in [5.41, 5.74) is 1.29. The van der Waals surface area contributed by atoms with E-state index in [0.717, 1.165) is 16.7 Å². The monoisotopic (exact) mass is 372 g/mol. The molecule has 1 aliphatic rings. The number of thioether (sulfide) groups is 1. The third kappa shape index (κ3) is 3.58. The molecule has 7 heteroatoms. The molecule has 2 aromatic rings. The first kappa shape index (κ1) is 17.2. The highest BCUT2D eigenvalue weighted by molar-refractivity contribution is 8.18. The van der Waals surface area contributed by atoms with Gasteiger partial charge in [0.05, 0.1) is 23.1 Å². The van der Waals surface area contributed by atoms with Crippen molar-refractivity contribution in [1.82, 2.24) is 4.90 Å². The van der Waals surface area contributed by atoms with Crippen LogP contribution in [0.4, 0.5) is 9.18 Å². The molecular weight excluding hydrogens is 363 g/mol. The summed E-state index contributed by atoms with van der Waals surface area (Å²) < 4.78 is 13.9. The average molecular weight is 373 g/mol. The Labute approximate surface area is 152 Å². The summed E-state index contributed by atoms with van der Waals surface area (Å²) >= 11 is 6.75. The van der Waals surface area contributed by atoms with Crippen molar-refractivity contribution in [2.75, 3.05) is 0 Å². The zero-order valence-corrected chi connectivity index (χ0v) is 14.3. The molecule has 3 rings (SSSR count). The minimum atomic E-state index is -0.567. The quantitative estimate of drug-likeness (QED) is 0.739. The van der Waals surface area contributed by atoms with E-state index < -0.39 is 17.0 Å². The van der Waals surface area contributed by atoms with Gasteiger partial charge in [0.15, 0.2) is 0 Å². The molecule has 1 fully saturated rings. The maximum Gasteiger partial charge on any atom is 0.293 e. The number of benzene rings is 2. The number of carbonyl (C=O) groups is 2. The predicted molar refractivity (Wildman–Crippen MR) is 94.1 cm³/mol. The standard InChI is InChI=1S/C18H10ClFN2O2S/c19-14-2-1-3-15(20)13(14)10-22-17(23)16(25-18(22)24)8-11-4-6-12(9-21)7-5-11/h1-8H,10H2/b16-8-. The van der Waals surface area contributed by atoms with E-state index in [0.29, 0.717) is 11.1 Å². The lowest BCUT2D eigenvalue weighted by molar-refractivity contribution is -0.123. The van der Waals surface area contributed by atoms with Crippen LogP contribution in [0, 0.1) is 17.1 Å². The molecule has 25 heavy (non-hydrogen) atoms. The molecule has 1 aliphatic heterocycles. The van der Waals surface area contributed by atoms with Gasteiger partial charge in [-0.25, -0.2) is 4.39 Å². The number of hydrogen-bond donors (Lipinski definition) is 0. The summed E-state index contributed by atoms with van der Waals surface area (Å²) in [5.74, 6) is -1.07. The maximum absolute atomic E-state index is 13.9. The molecule has 124 valence electrons. The van der Waals surface area contributed by atoms with E-state index in [9.17, 15) is 14.0 Å². The number of nitriles is 1. The van der Waals surface area contributed by atoms with Gasteiger partial charge in [0.2, 0.25) is 0 Å². The Morgan fingerprint density at radius 1 is 1.20 bits per heavy atom. The van der Waals surface area contributed by atoms with Crippen molar-refractivity contribution in [2.24, 2.45) is 0 Å². The van der Waals surface area contributed by atoms with Crippen molar-refractivity contribution in [3.8, 4) is 6.07 Å². The van der Waals surface area contributed by atoms with Crippen LogP contribution in [-0.4, -0.2) is 16.0 Å². The number of hydrogen-bond acceptors (Lipinski definition) is 4. The Morgan fingerprint density at radius 3 is 2.56 bits per heavy atom. The van der Waals surface area contributed by atoms with Crippen molar-refractivity contribution in [3.05, 3.63) is 74.9 Å². The van der Waals surface area contributed by atoms with E-state index in [1.807, 2.05) is 6.07 Å². The molecule has 0 aliphatic carbocycles. The fraction of sp³-hybridized carbons (Fsp3) is 0.0556. The van der Waals surface area contributed by atoms with Crippen molar-refractivity contribution in [3.63, 3.8) is 0 Å². The Hall–Kier alpha value is -2.62. The topological polar surface area (TPSA) is 61.2 Å². The number of halogens is 2. The highest BCUT2D eigenvalue weighted by atomic mass is 35.5. The van der Waals surface area contributed by atoms with Gasteiger partial charge in [-0.2, -0.15) is 5.26 Å². The van der Waals surface area contributed by atoms with Crippen LogP contribution in [0.5, 0.6) is 0 Å². The van der Waals surface area contributed by atoms with Gasteiger partial charge >= 0.3 is 0 Å². The van der Waals surface area contributed by atoms with Gasteiger partial charge in [0.25, 0.3) is 11.1 Å². The van der Waals surface area contributed by atoms with E-state index in [1.165, 1.54) is 18.2 Å². The Balaban J connectivity index is 1.85. The van der Waals surface area contributed by atoms with Crippen LogP contribution in [-0.2, 0) is 11.3 Å². The molecule has 0 aromatic heterocycles. The van der Waals surface area contributed by atoms with E-state index in [4.69, 9.17) is 16.9 Å². The van der Waals surface area contributed by atoms with E-state index >= 15 is 0 Å². The SMILES string of the molecule is N#Cc1ccc(/C=C2\SC(=O)N(Cc3c(F)cccc3Cl)C2=O)cc1. The van der Waals surface area contributed by atoms with Crippen molar-refractivity contribution >= 4 is 40.6 Å². The smallest absolute Gasteiger partial charge is 0.268 e. The van der Waals surface area contributed by atoms with E-state index in [1.54, 1.807) is 30.3 Å². The normalized spacial score (nSPS) is 15.7. The first-order valence-electron chi connectivity index (χ1n) is 7.18. The van der Waals surface area contributed by atoms with Crippen molar-refractivity contribution in [1.29, 1.82) is 5.26 Å². The molecular formula is C18H10ClFN2O2S. The first-order valence-corrected chi connectivity index (χ1v) is 8.37. The Kier molecular flexibility index (Phi) is 4.88. The summed E-state index contributed by atoms with van der Waals surface area (Å²) in [6.07, 6.45) is 1.56. The second kappa shape index (κ2) is 7.09. The molecule has 0 saturated carbocycles. The molecule has 0 unspecified atom stereocenters. The molecule has 0 radical (unpaired) electrons. The molecule has 0 spiro atoms. The van der Waals surface area contributed by atoms with Crippen LogP contribution < -0.4 is 0 Å². The lowest BCUT2D eigenvalue weighted by Gasteiger charge is -2.14. The van der Waals surface area contributed by atoms with Crippen molar-refractivity contribution < 1.29 is 14.0 Å². The predicted octanol–water partition coefficient (Wildman–Crippen LogP) is 4.59. The number of nitrogens with zero attached hydrogens (tertiary/aromatic N) is 2. The third-order valence-electron chi connectivity index (χ3n) is 3.59. The van der Waals surface area contributed by atoms with Gasteiger partial charge in [-0.1, -0.05) is 29.8 Å². The van der Waals surface area contributed by atoms with Crippen molar-refractivity contribution in [2.45, 2.75) is 6.54 Å². The second-order valence-electron chi connectivity index (χ2n) is 5.20. The Bertz CT molecular complexity index is 915. The maximum atomic E-state index is 13.9. The fourth-order valence-electron chi connectivity index (χ4n) is 2.28. The van der Waals surface area contributed by atoms with Crippen LogP contribution >= 0.6 is 23.4 Å². The number of amides is 2. The van der Waals surface area contributed by atoms with Crippen LogP contribution in [0.2, 0.25) is 5.02 Å². The minimum absolute atomic E-state index is 0.103. The summed E-state index contributed by atoms with van der Waals surface area (Å²) in [7, 11) is 0. The van der Waals surface area contributed by atoms with E-state index in [-0.39, 0.29) is 22.0 Å². The summed E-state index contributed by atoms with van der Waals surface area (Å²) in [4.78, 5) is 25.8. The van der Waals surface area contributed by atoms with Crippen LogP contribution in [0.15, 0.2) is 47.4 Å². The van der Waals surface area contributed by atoms with Gasteiger partial charge in [0, 0.05) is 10.6 Å². The molecule has 4 nitrogen and oxygen atoms in total. The molecule has 2 amide bonds. The molecule has 1 saturated heterocycles. The first-order chi connectivity index (χ1) is 12.0. The van der Waals surface area contributed by atoms with Gasteiger partial charge in [-0.3, -0.25) is 14.5 Å². The van der Waals surface area contributed by atoms with Crippen LogP contribution in [0.3, 0.4) is 0 Å². The molecule has 1 heterocycles. The van der Waals surface area contributed by atoms with Gasteiger partial charge < -0.3 is 0 Å².